The monoisotopic (exact) mass is 314 g/mol. The second-order valence-corrected chi connectivity index (χ2v) is 5.72. The van der Waals surface area contributed by atoms with Crippen molar-refractivity contribution in [2.45, 2.75) is 26.2 Å². The first-order valence-corrected chi connectivity index (χ1v) is 7.65. The third-order valence-electron chi connectivity index (χ3n) is 3.73. The van der Waals surface area contributed by atoms with E-state index in [1.165, 1.54) is 5.56 Å². The molecule has 1 unspecified atom stereocenters. The zero-order chi connectivity index (χ0) is 16.1. The summed E-state index contributed by atoms with van der Waals surface area (Å²) in [5.41, 5.74) is 3.69. The number of rotatable bonds is 5. The second kappa shape index (κ2) is 7.28. The van der Waals surface area contributed by atoms with Crippen molar-refractivity contribution in [1.82, 2.24) is 0 Å². The lowest BCUT2D eigenvalue weighted by atomic mass is 9.89. The number of halogens is 1. The molecule has 114 valence electrons. The van der Waals surface area contributed by atoms with Gasteiger partial charge in [-0.05, 0) is 42.2 Å². The largest absolute Gasteiger partial charge is 0.478 e. The van der Waals surface area contributed by atoms with Crippen LogP contribution in [0.1, 0.15) is 36.5 Å². The van der Waals surface area contributed by atoms with Crippen molar-refractivity contribution >= 4 is 17.6 Å². The number of benzene rings is 2. The van der Waals surface area contributed by atoms with Gasteiger partial charge in [-0.2, -0.15) is 0 Å². The molecule has 0 aliphatic heterocycles. The molecule has 0 aliphatic rings. The third-order valence-corrected chi connectivity index (χ3v) is 3.98. The van der Waals surface area contributed by atoms with Crippen LogP contribution in [0.2, 0.25) is 5.02 Å². The molecule has 2 rings (SSSR count). The molecule has 0 heterocycles. The molecule has 0 aliphatic carbocycles. The fourth-order valence-electron chi connectivity index (χ4n) is 2.34. The van der Waals surface area contributed by atoms with Crippen LogP contribution in [0, 0.1) is 0 Å². The number of allylic oxidation sites excluding steroid dienone is 1. The maximum atomic E-state index is 11.2. The van der Waals surface area contributed by atoms with Crippen LogP contribution in [0.15, 0.2) is 60.2 Å². The van der Waals surface area contributed by atoms with Crippen molar-refractivity contribution in [1.29, 1.82) is 0 Å². The number of carboxylic acids is 1. The molecule has 22 heavy (non-hydrogen) atoms. The molecule has 1 atom stereocenters. The highest BCUT2D eigenvalue weighted by Crippen LogP contribution is 2.28. The zero-order valence-corrected chi connectivity index (χ0v) is 13.5. The van der Waals surface area contributed by atoms with Crippen LogP contribution >= 0.6 is 11.6 Å². The Morgan fingerprint density at radius 2 is 1.59 bits per heavy atom. The molecular formula is C19H19ClO2. The van der Waals surface area contributed by atoms with Crippen LogP contribution in [-0.2, 0) is 11.2 Å². The van der Waals surface area contributed by atoms with Crippen molar-refractivity contribution in [3.05, 3.63) is 81.9 Å². The van der Waals surface area contributed by atoms with Crippen molar-refractivity contribution < 1.29 is 9.90 Å². The van der Waals surface area contributed by atoms with E-state index in [4.69, 9.17) is 16.7 Å². The fourth-order valence-corrected chi connectivity index (χ4v) is 2.46. The predicted molar refractivity (Wildman–Crippen MR) is 90.5 cm³/mol. The summed E-state index contributed by atoms with van der Waals surface area (Å²) in [7, 11) is 0. The molecule has 2 nitrogen and oxygen atoms in total. The van der Waals surface area contributed by atoms with Gasteiger partial charge in [-0.1, -0.05) is 61.0 Å². The first kappa shape index (κ1) is 16.3. The SMILES string of the molecule is CCc1ccc(C(C=C(C)C(=O)O)c2ccc(Cl)cc2)cc1. The van der Waals surface area contributed by atoms with Crippen LogP contribution in [0.5, 0.6) is 0 Å². The summed E-state index contributed by atoms with van der Waals surface area (Å²) < 4.78 is 0. The Bertz CT molecular complexity index is 670. The lowest BCUT2D eigenvalue weighted by Crippen LogP contribution is -2.03. The van der Waals surface area contributed by atoms with E-state index in [1.807, 2.05) is 24.3 Å². The molecule has 0 aromatic heterocycles. The maximum Gasteiger partial charge on any atom is 0.330 e. The molecule has 0 saturated carbocycles. The molecule has 0 bridgehead atoms. The Morgan fingerprint density at radius 1 is 1.09 bits per heavy atom. The van der Waals surface area contributed by atoms with Gasteiger partial charge in [0.25, 0.3) is 0 Å². The lowest BCUT2D eigenvalue weighted by molar-refractivity contribution is -0.132. The lowest BCUT2D eigenvalue weighted by Gasteiger charge is -2.15. The summed E-state index contributed by atoms with van der Waals surface area (Å²) in [4.78, 5) is 11.2. The van der Waals surface area contributed by atoms with Crippen LogP contribution in [0.4, 0.5) is 0 Å². The van der Waals surface area contributed by atoms with E-state index in [9.17, 15) is 4.79 Å². The Labute approximate surface area is 136 Å². The van der Waals surface area contributed by atoms with Gasteiger partial charge in [0.2, 0.25) is 0 Å². The van der Waals surface area contributed by atoms with E-state index in [1.54, 1.807) is 13.0 Å². The molecule has 0 fully saturated rings. The summed E-state index contributed by atoms with van der Waals surface area (Å²) in [5.74, 6) is -0.997. The molecule has 2 aromatic carbocycles. The summed E-state index contributed by atoms with van der Waals surface area (Å²) in [6.45, 7) is 3.73. The topological polar surface area (TPSA) is 37.3 Å². The van der Waals surface area contributed by atoms with Crippen molar-refractivity contribution in [3.8, 4) is 0 Å². The first-order valence-electron chi connectivity index (χ1n) is 7.27. The van der Waals surface area contributed by atoms with Gasteiger partial charge in [-0.15, -0.1) is 0 Å². The number of carbonyl (C=O) groups is 1. The highest BCUT2D eigenvalue weighted by Gasteiger charge is 2.14. The fraction of sp³-hybridized carbons (Fsp3) is 0.211. The van der Waals surface area contributed by atoms with Crippen LogP contribution in [0.25, 0.3) is 0 Å². The minimum atomic E-state index is -0.899. The Balaban J connectivity index is 2.46. The number of hydrogen-bond acceptors (Lipinski definition) is 1. The average molecular weight is 315 g/mol. The number of aliphatic carboxylic acids is 1. The molecule has 0 radical (unpaired) electrons. The van der Waals surface area contributed by atoms with Crippen LogP contribution in [0.3, 0.4) is 0 Å². The second-order valence-electron chi connectivity index (χ2n) is 5.28. The number of hydrogen-bond donors (Lipinski definition) is 1. The van der Waals surface area contributed by atoms with Crippen LogP contribution in [-0.4, -0.2) is 11.1 Å². The number of aryl methyl sites for hydroxylation is 1. The zero-order valence-electron chi connectivity index (χ0n) is 12.7. The van der Waals surface area contributed by atoms with E-state index in [0.29, 0.717) is 10.6 Å². The van der Waals surface area contributed by atoms with Gasteiger partial charge in [-0.3, -0.25) is 0 Å². The van der Waals surface area contributed by atoms with E-state index >= 15 is 0 Å². The molecule has 1 N–H and O–H groups in total. The van der Waals surface area contributed by atoms with E-state index in [2.05, 4.69) is 31.2 Å². The van der Waals surface area contributed by atoms with Gasteiger partial charge >= 0.3 is 5.97 Å². The summed E-state index contributed by atoms with van der Waals surface area (Å²) in [6.07, 6.45) is 2.77. The summed E-state index contributed by atoms with van der Waals surface area (Å²) in [5, 5.41) is 9.83. The van der Waals surface area contributed by atoms with E-state index < -0.39 is 5.97 Å². The Morgan fingerprint density at radius 3 is 2.05 bits per heavy atom. The van der Waals surface area contributed by atoms with Crippen molar-refractivity contribution in [2.24, 2.45) is 0 Å². The standard InChI is InChI=1S/C19H19ClO2/c1-3-14-4-6-15(7-5-14)18(12-13(2)19(21)22)16-8-10-17(20)11-9-16/h4-12,18H,3H2,1-2H3,(H,21,22). The molecule has 0 amide bonds. The normalized spacial score (nSPS) is 13.0. The minimum Gasteiger partial charge on any atom is -0.478 e. The predicted octanol–water partition coefficient (Wildman–Crippen LogP) is 5.07. The first-order chi connectivity index (χ1) is 10.5. The van der Waals surface area contributed by atoms with Crippen molar-refractivity contribution in [2.75, 3.05) is 0 Å². The van der Waals surface area contributed by atoms with E-state index in [-0.39, 0.29) is 5.92 Å². The van der Waals surface area contributed by atoms with Gasteiger partial charge in [0, 0.05) is 16.5 Å². The summed E-state index contributed by atoms with van der Waals surface area (Å²) >= 11 is 5.95. The smallest absolute Gasteiger partial charge is 0.330 e. The number of carboxylic acid groups (broad SMARTS) is 1. The minimum absolute atomic E-state index is 0.0979. The van der Waals surface area contributed by atoms with Gasteiger partial charge < -0.3 is 5.11 Å². The molecule has 0 saturated heterocycles. The van der Waals surface area contributed by atoms with Gasteiger partial charge in [0.05, 0.1) is 0 Å². The highest BCUT2D eigenvalue weighted by molar-refractivity contribution is 6.30. The Kier molecular flexibility index (Phi) is 5.40. The van der Waals surface area contributed by atoms with E-state index in [0.717, 1.165) is 17.5 Å². The average Bonchev–Trinajstić information content (AvgIpc) is 2.53. The molecule has 2 aromatic rings. The maximum absolute atomic E-state index is 11.2. The molecular weight excluding hydrogens is 296 g/mol. The third kappa shape index (κ3) is 3.99. The van der Waals surface area contributed by atoms with Gasteiger partial charge in [-0.25, -0.2) is 4.79 Å². The quantitative estimate of drug-likeness (QED) is 0.783. The van der Waals surface area contributed by atoms with Gasteiger partial charge in [0.1, 0.15) is 0 Å². The molecule has 3 heteroatoms. The summed E-state index contributed by atoms with van der Waals surface area (Å²) in [6, 6.07) is 15.8. The van der Waals surface area contributed by atoms with Crippen LogP contribution < -0.4 is 0 Å². The molecule has 0 spiro atoms. The van der Waals surface area contributed by atoms with Gasteiger partial charge in [0.15, 0.2) is 0 Å². The Hall–Kier alpha value is -2.06. The highest BCUT2D eigenvalue weighted by atomic mass is 35.5. The van der Waals surface area contributed by atoms with Crippen molar-refractivity contribution in [3.63, 3.8) is 0 Å².